The highest BCUT2D eigenvalue weighted by Gasteiger charge is 2.15. The summed E-state index contributed by atoms with van der Waals surface area (Å²) in [6, 6.07) is 41.2. The molecule has 0 bridgehead atoms. The number of benzene rings is 4. The van der Waals surface area contributed by atoms with Gasteiger partial charge < -0.3 is 0 Å². The van der Waals surface area contributed by atoms with Gasteiger partial charge in [0.25, 0.3) is 0 Å². The van der Waals surface area contributed by atoms with Gasteiger partial charge in [0.05, 0.1) is 9.40 Å². The van der Waals surface area contributed by atoms with E-state index in [1.165, 1.54) is 91.5 Å². The summed E-state index contributed by atoms with van der Waals surface area (Å²) in [5, 5.41) is 7.08. The minimum atomic E-state index is 1.27. The van der Waals surface area contributed by atoms with E-state index in [1.807, 2.05) is 68.0 Å². The first-order valence-electron chi connectivity index (χ1n) is 14.3. The number of hydrogen-bond donors (Lipinski definition) is 0. The summed E-state index contributed by atoms with van der Waals surface area (Å²) in [6.45, 7) is 0. The van der Waals surface area contributed by atoms with Crippen LogP contribution in [0.1, 0.15) is 0 Å². The Morgan fingerprint density at radius 3 is 1.14 bits per heavy atom. The molecule has 0 fully saturated rings. The molecule has 0 saturated heterocycles. The second kappa shape index (κ2) is 9.94. The topological polar surface area (TPSA) is 0 Å². The molecule has 10 aromatic rings. The van der Waals surface area contributed by atoms with Crippen molar-refractivity contribution in [2.24, 2.45) is 0 Å². The van der Waals surface area contributed by atoms with Gasteiger partial charge in [0.1, 0.15) is 0 Å². The van der Waals surface area contributed by atoms with E-state index >= 15 is 0 Å². The normalized spacial score (nSPS) is 12.1. The molecule has 6 aromatic heterocycles. The van der Waals surface area contributed by atoms with Crippen molar-refractivity contribution in [3.05, 3.63) is 120 Å². The SMILES string of the molecule is c1cc2sc(-c3ccc(-c4ccc5c(c4)sc4c6ccc(-c7ccc(-c8cc9sccc9s8)cc7)cc6sc54)cc3)cc2s1. The lowest BCUT2D eigenvalue weighted by Gasteiger charge is -2.04. The van der Waals surface area contributed by atoms with Gasteiger partial charge in [-0.3, -0.25) is 0 Å². The molecule has 0 unspecified atom stereocenters. The maximum Gasteiger partial charge on any atom is 0.0542 e. The van der Waals surface area contributed by atoms with Crippen molar-refractivity contribution in [2.45, 2.75) is 0 Å². The maximum atomic E-state index is 2.38. The van der Waals surface area contributed by atoms with Crippen LogP contribution in [-0.2, 0) is 0 Å². The van der Waals surface area contributed by atoms with Crippen molar-refractivity contribution in [3.8, 4) is 43.1 Å². The quantitative estimate of drug-likeness (QED) is 0.175. The van der Waals surface area contributed by atoms with E-state index in [9.17, 15) is 0 Å². The van der Waals surface area contributed by atoms with E-state index in [0.717, 1.165) is 0 Å². The van der Waals surface area contributed by atoms with Crippen LogP contribution in [0.2, 0.25) is 0 Å². The first-order valence-corrected chi connectivity index (χ1v) is 19.3. The van der Waals surface area contributed by atoms with Crippen LogP contribution in [0.4, 0.5) is 0 Å². The van der Waals surface area contributed by atoms with E-state index in [2.05, 4.69) is 120 Å². The predicted molar refractivity (Wildman–Crippen MR) is 203 cm³/mol. The van der Waals surface area contributed by atoms with Crippen molar-refractivity contribution in [1.82, 2.24) is 0 Å². The molecule has 0 N–H and O–H groups in total. The van der Waals surface area contributed by atoms with Gasteiger partial charge >= 0.3 is 0 Å². The minimum absolute atomic E-state index is 1.27. The summed E-state index contributed by atoms with van der Waals surface area (Å²) in [5.41, 5.74) is 7.69. The summed E-state index contributed by atoms with van der Waals surface area (Å²) >= 11 is 11.3. The van der Waals surface area contributed by atoms with Crippen molar-refractivity contribution in [2.75, 3.05) is 0 Å². The molecular weight excluding hydrogens is 649 g/mol. The molecule has 6 heteroatoms. The highest BCUT2D eigenvalue weighted by molar-refractivity contribution is 7.36. The van der Waals surface area contributed by atoms with Gasteiger partial charge in [0, 0.05) is 48.7 Å². The van der Waals surface area contributed by atoms with Crippen LogP contribution in [0.25, 0.3) is 91.5 Å². The van der Waals surface area contributed by atoms with Crippen LogP contribution in [-0.4, -0.2) is 0 Å². The molecule has 0 nitrogen and oxygen atoms in total. The van der Waals surface area contributed by atoms with Crippen molar-refractivity contribution >= 4 is 116 Å². The second-order valence-electron chi connectivity index (χ2n) is 11.0. The average molecular weight is 669 g/mol. The molecule has 0 aliphatic rings. The molecule has 0 aliphatic carbocycles. The Kier molecular flexibility index (Phi) is 5.80. The fourth-order valence-electron chi connectivity index (χ4n) is 6.09. The molecule has 10 rings (SSSR count). The first kappa shape index (κ1) is 25.7. The third kappa shape index (κ3) is 4.10. The molecule has 0 amide bonds. The molecular formula is C38H20S6. The Balaban J connectivity index is 0.958. The Bertz CT molecular complexity index is 2400. The maximum absolute atomic E-state index is 2.38. The summed E-state index contributed by atoms with van der Waals surface area (Å²) in [7, 11) is 0. The zero-order chi connectivity index (χ0) is 28.8. The lowest BCUT2D eigenvalue weighted by Crippen LogP contribution is -1.78. The summed E-state index contributed by atoms with van der Waals surface area (Å²) in [5.74, 6) is 0. The van der Waals surface area contributed by atoms with Gasteiger partial charge in [-0.05, 0) is 80.5 Å². The fraction of sp³-hybridized carbons (Fsp3) is 0. The van der Waals surface area contributed by atoms with E-state index in [1.54, 1.807) is 0 Å². The van der Waals surface area contributed by atoms with E-state index in [0.29, 0.717) is 0 Å². The lowest BCUT2D eigenvalue weighted by molar-refractivity contribution is 1.65. The van der Waals surface area contributed by atoms with Crippen LogP contribution >= 0.6 is 68.0 Å². The highest BCUT2D eigenvalue weighted by atomic mass is 32.1. The van der Waals surface area contributed by atoms with Crippen LogP contribution in [0.15, 0.2) is 120 Å². The predicted octanol–water partition coefficient (Wildman–Crippen LogP) is 14.5. The minimum Gasteiger partial charge on any atom is -0.143 e. The summed E-state index contributed by atoms with van der Waals surface area (Å²) in [4.78, 5) is 2.69. The number of thiophene rings is 6. The summed E-state index contributed by atoms with van der Waals surface area (Å²) < 4.78 is 11.1. The third-order valence-corrected chi connectivity index (χ3v) is 15.2. The third-order valence-electron chi connectivity index (χ3n) is 8.37. The molecule has 0 atom stereocenters. The number of rotatable bonds is 4. The molecule has 0 aliphatic heterocycles. The van der Waals surface area contributed by atoms with E-state index < -0.39 is 0 Å². The van der Waals surface area contributed by atoms with Crippen molar-refractivity contribution in [3.63, 3.8) is 0 Å². The van der Waals surface area contributed by atoms with Crippen molar-refractivity contribution in [1.29, 1.82) is 0 Å². The zero-order valence-electron chi connectivity index (χ0n) is 23.0. The highest BCUT2D eigenvalue weighted by Crippen LogP contribution is 2.46. The monoisotopic (exact) mass is 668 g/mol. The fourth-order valence-corrected chi connectivity index (χ4v) is 13.0. The Morgan fingerprint density at radius 1 is 0.295 bits per heavy atom. The van der Waals surface area contributed by atoms with Gasteiger partial charge in [-0.1, -0.05) is 72.8 Å². The Morgan fingerprint density at radius 2 is 0.705 bits per heavy atom. The van der Waals surface area contributed by atoms with Crippen LogP contribution in [0, 0.1) is 0 Å². The van der Waals surface area contributed by atoms with Gasteiger partial charge in [-0.15, -0.1) is 68.0 Å². The molecule has 0 radical (unpaired) electrons. The summed E-state index contributed by atoms with van der Waals surface area (Å²) in [6.07, 6.45) is 0. The number of fused-ring (bicyclic) bond motifs is 7. The van der Waals surface area contributed by atoms with Crippen LogP contribution in [0.3, 0.4) is 0 Å². The van der Waals surface area contributed by atoms with Crippen LogP contribution < -0.4 is 0 Å². The standard InChI is InChI=1S/C38H20S6/c1-5-23(31-19-35-29(41-31)13-15-39-35)6-2-21(1)25-9-11-27-33(17-25)43-38-28-12-10-26(18-34(28)44-37(27)38)22-3-7-24(8-4-22)32-20-36-30(42-32)14-16-40-36/h1-20H. The second-order valence-corrected chi connectivity index (χ2v) is 17.1. The lowest BCUT2D eigenvalue weighted by atomic mass is 10.0. The Labute approximate surface area is 277 Å². The van der Waals surface area contributed by atoms with Gasteiger partial charge in [0.15, 0.2) is 0 Å². The molecule has 44 heavy (non-hydrogen) atoms. The molecule has 208 valence electrons. The molecule has 0 spiro atoms. The first-order chi connectivity index (χ1) is 21.7. The van der Waals surface area contributed by atoms with Gasteiger partial charge in [-0.25, -0.2) is 0 Å². The smallest absolute Gasteiger partial charge is 0.0542 e. The van der Waals surface area contributed by atoms with Gasteiger partial charge in [0.2, 0.25) is 0 Å². The largest absolute Gasteiger partial charge is 0.143 e. The van der Waals surface area contributed by atoms with E-state index in [4.69, 9.17) is 0 Å². The van der Waals surface area contributed by atoms with Gasteiger partial charge in [-0.2, -0.15) is 0 Å². The van der Waals surface area contributed by atoms with Crippen molar-refractivity contribution < 1.29 is 0 Å². The Hall–Kier alpha value is -3.62. The average Bonchev–Trinajstić information content (AvgIpc) is 3.89. The molecule has 6 heterocycles. The molecule has 0 saturated carbocycles. The zero-order valence-corrected chi connectivity index (χ0v) is 27.9. The number of hydrogen-bond acceptors (Lipinski definition) is 6. The van der Waals surface area contributed by atoms with Crippen LogP contribution in [0.5, 0.6) is 0 Å². The van der Waals surface area contributed by atoms with E-state index in [-0.39, 0.29) is 0 Å². The molecule has 4 aromatic carbocycles.